The lowest BCUT2D eigenvalue weighted by molar-refractivity contribution is 0.753. The first-order chi connectivity index (χ1) is 8.78. The van der Waals surface area contributed by atoms with Gasteiger partial charge in [0.15, 0.2) is 0 Å². The van der Waals surface area contributed by atoms with Crippen molar-refractivity contribution in [3.05, 3.63) is 59.2 Å². The maximum Gasteiger partial charge on any atom is 0.129 e. The molecule has 3 nitrogen and oxygen atoms in total. The summed E-state index contributed by atoms with van der Waals surface area (Å²) in [6, 6.07) is 12.5. The molecule has 0 aliphatic rings. The Kier molecular flexibility index (Phi) is 4.42. The van der Waals surface area contributed by atoms with Crippen molar-refractivity contribution in [1.29, 1.82) is 0 Å². The molecule has 0 unspecified atom stereocenters. The van der Waals surface area contributed by atoms with Crippen molar-refractivity contribution >= 4 is 0 Å². The number of hydrogen-bond acceptors (Lipinski definition) is 3. The predicted molar refractivity (Wildman–Crippen MR) is 73.4 cm³/mol. The van der Waals surface area contributed by atoms with E-state index in [4.69, 9.17) is 0 Å². The molecular weight excluding hydrogens is 222 g/mol. The van der Waals surface area contributed by atoms with E-state index in [9.17, 15) is 0 Å². The Balaban J connectivity index is 2.05. The van der Waals surface area contributed by atoms with Crippen molar-refractivity contribution in [3.63, 3.8) is 0 Å². The van der Waals surface area contributed by atoms with E-state index in [0.717, 1.165) is 36.6 Å². The SMILES string of the molecule is CNCc1cc(C)nc(CCc2ccccc2)n1. The summed E-state index contributed by atoms with van der Waals surface area (Å²) in [6.07, 6.45) is 1.88. The fourth-order valence-corrected chi connectivity index (χ4v) is 1.98. The van der Waals surface area contributed by atoms with E-state index in [1.165, 1.54) is 5.56 Å². The monoisotopic (exact) mass is 241 g/mol. The van der Waals surface area contributed by atoms with Crippen molar-refractivity contribution in [2.75, 3.05) is 7.05 Å². The Labute approximate surface area is 108 Å². The normalized spacial score (nSPS) is 10.6. The highest BCUT2D eigenvalue weighted by atomic mass is 14.9. The van der Waals surface area contributed by atoms with Crippen molar-refractivity contribution in [1.82, 2.24) is 15.3 Å². The van der Waals surface area contributed by atoms with Crippen LogP contribution in [0.4, 0.5) is 0 Å². The highest BCUT2D eigenvalue weighted by molar-refractivity contribution is 5.16. The van der Waals surface area contributed by atoms with E-state index in [1.54, 1.807) is 0 Å². The molecule has 0 aliphatic carbocycles. The lowest BCUT2D eigenvalue weighted by Crippen LogP contribution is -2.10. The fraction of sp³-hybridized carbons (Fsp3) is 0.333. The van der Waals surface area contributed by atoms with Crippen LogP contribution < -0.4 is 5.32 Å². The van der Waals surface area contributed by atoms with Crippen molar-refractivity contribution in [3.8, 4) is 0 Å². The molecule has 18 heavy (non-hydrogen) atoms. The number of nitrogens with zero attached hydrogens (tertiary/aromatic N) is 2. The van der Waals surface area contributed by atoms with E-state index < -0.39 is 0 Å². The molecule has 94 valence electrons. The fourth-order valence-electron chi connectivity index (χ4n) is 1.98. The Morgan fingerprint density at radius 3 is 2.56 bits per heavy atom. The second-order valence-corrected chi connectivity index (χ2v) is 4.43. The maximum atomic E-state index is 4.56. The highest BCUT2D eigenvalue weighted by Crippen LogP contribution is 2.06. The van der Waals surface area contributed by atoms with Gasteiger partial charge in [-0.15, -0.1) is 0 Å². The standard InChI is InChI=1S/C15H19N3/c1-12-10-14(11-16-2)18-15(17-12)9-8-13-6-4-3-5-7-13/h3-7,10,16H,8-9,11H2,1-2H3. The second kappa shape index (κ2) is 6.26. The number of hydrogen-bond donors (Lipinski definition) is 1. The number of rotatable bonds is 5. The zero-order valence-corrected chi connectivity index (χ0v) is 11.0. The molecule has 0 radical (unpaired) electrons. The molecule has 1 N–H and O–H groups in total. The Hall–Kier alpha value is -1.74. The molecule has 1 aromatic heterocycles. The first-order valence-electron chi connectivity index (χ1n) is 6.30. The Morgan fingerprint density at radius 1 is 1.06 bits per heavy atom. The van der Waals surface area contributed by atoms with Crippen LogP contribution in [0.2, 0.25) is 0 Å². The average Bonchev–Trinajstić information content (AvgIpc) is 2.37. The van der Waals surface area contributed by atoms with Gasteiger partial charge >= 0.3 is 0 Å². The largest absolute Gasteiger partial charge is 0.314 e. The van der Waals surface area contributed by atoms with Gasteiger partial charge in [-0.05, 0) is 32.0 Å². The minimum absolute atomic E-state index is 0.793. The number of nitrogens with one attached hydrogen (secondary N) is 1. The van der Waals surface area contributed by atoms with Crippen molar-refractivity contribution < 1.29 is 0 Å². The van der Waals surface area contributed by atoms with Gasteiger partial charge in [-0.1, -0.05) is 30.3 Å². The topological polar surface area (TPSA) is 37.8 Å². The van der Waals surface area contributed by atoms with Crippen LogP contribution in [0, 0.1) is 6.92 Å². The van der Waals surface area contributed by atoms with Gasteiger partial charge in [-0.3, -0.25) is 0 Å². The molecule has 0 spiro atoms. The third kappa shape index (κ3) is 3.64. The number of aromatic nitrogens is 2. The molecule has 2 aromatic rings. The van der Waals surface area contributed by atoms with Crippen LogP contribution in [-0.4, -0.2) is 17.0 Å². The average molecular weight is 241 g/mol. The lowest BCUT2D eigenvalue weighted by Gasteiger charge is -2.06. The molecular formula is C15H19N3. The van der Waals surface area contributed by atoms with E-state index in [2.05, 4.69) is 39.6 Å². The molecule has 3 heteroatoms. The molecule has 0 amide bonds. The zero-order valence-electron chi connectivity index (χ0n) is 11.0. The van der Waals surface area contributed by atoms with Gasteiger partial charge in [-0.2, -0.15) is 0 Å². The first kappa shape index (κ1) is 12.7. The van der Waals surface area contributed by atoms with Gasteiger partial charge in [0.25, 0.3) is 0 Å². The second-order valence-electron chi connectivity index (χ2n) is 4.43. The van der Waals surface area contributed by atoms with Crippen LogP contribution in [0.3, 0.4) is 0 Å². The van der Waals surface area contributed by atoms with Crippen LogP contribution in [-0.2, 0) is 19.4 Å². The molecule has 0 atom stereocenters. The van der Waals surface area contributed by atoms with Gasteiger partial charge in [0.1, 0.15) is 5.82 Å². The van der Waals surface area contributed by atoms with Crippen LogP contribution in [0.1, 0.15) is 22.8 Å². The third-order valence-electron chi connectivity index (χ3n) is 2.79. The summed E-state index contributed by atoms with van der Waals surface area (Å²) in [6.45, 7) is 2.81. The maximum absolute atomic E-state index is 4.56. The summed E-state index contributed by atoms with van der Waals surface area (Å²) in [5.41, 5.74) is 3.43. The van der Waals surface area contributed by atoms with Crippen LogP contribution in [0.5, 0.6) is 0 Å². The smallest absolute Gasteiger partial charge is 0.129 e. The summed E-state index contributed by atoms with van der Waals surface area (Å²) < 4.78 is 0. The summed E-state index contributed by atoms with van der Waals surface area (Å²) in [5, 5.41) is 3.12. The van der Waals surface area contributed by atoms with Crippen LogP contribution >= 0.6 is 0 Å². The highest BCUT2D eigenvalue weighted by Gasteiger charge is 2.02. The minimum Gasteiger partial charge on any atom is -0.314 e. The summed E-state index contributed by atoms with van der Waals surface area (Å²) in [4.78, 5) is 9.06. The van der Waals surface area contributed by atoms with E-state index in [-0.39, 0.29) is 0 Å². The molecule has 0 fully saturated rings. The molecule has 1 aromatic carbocycles. The number of benzene rings is 1. The van der Waals surface area contributed by atoms with Gasteiger partial charge in [0.2, 0.25) is 0 Å². The van der Waals surface area contributed by atoms with E-state index in [0.29, 0.717) is 0 Å². The molecule has 1 heterocycles. The van der Waals surface area contributed by atoms with Crippen molar-refractivity contribution in [2.45, 2.75) is 26.3 Å². The molecule has 0 aliphatic heterocycles. The van der Waals surface area contributed by atoms with Gasteiger partial charge < -0.3 is 5.32 Å². The Morgan fingerprint density at radius 2 is 1.83 bits per heavy atom. The molecule has 0 saturated heterocycles. The van der Waals surface area contributed by atoms with E-state index in [1.807, 2.05) is 26.1 Å². The lowest BCUT2D eigenvalue weighted by atomic mass is 10.1. The van der Waals surface area contributed by atoms with Crippen LogP contribution in [0.25, 0.3) is 0 Å². The van der Waals surface area contributed by atoms with Gasteiger partial charge in [0, 0.05) is 18.7 Å². The van der Waals surface area contributed by atoms with E-state index >= 15 is 0 Å². The predicted octanol–water partition coefficient (Wildman–Crippen LogP) is 2.29. The van der Waals surface area contributed by atoms with Crippen molar-refractivity contribution in [2.24, 2.45) is 0 Å². The summed E-state index contributed by atoms with van der Waals surface area (Å²) in [7, 11) is 1.93. The van der Waals surface area contributed by atoms with Gasteiger partial charge in [-0.25, -0.2) is 9.97 Å². The van der Waals surface area contributed by atoms with Crippen LogP contribution in [0.15, 0.2) is 36.4 Å². The Bertz CT molecular complexity index is 494. The third-order valence-corrected chi connectivity index (χ3v) is 2.79. The summed E-state index contributed by atoms with van der Waals surface area (Å²) in [5.74, 6) is 0.934. The zero-order chi connectivity index (χ0) is 12.8. The molecule has 0 saturated carbocycles. The first-order valence-corrected chi connectivity index (χ1v) is 6.30. The minimum atomic E-state index is 0.793. The molecule has 2 rings (SSSR count). The summed E-state index contributed by atoms with van der Waals surface area (Å²) >= 11 is 0. The number of aryl methyl sites for hydroxylation is 3. The molecule has 0 bridgehead atoms. The quantitative estimate of drug-likeness (QED) is 0.872. The van der Waals surface area contributed by atoms with Gasteiger partial charge in [0.05, 0.1) is 5.69 Å².